The largest absolute Gasteiger partial charge is 0.496 e. The van der Waals surface area contributed by atoms with Gasteiger partial charge in [0.2, 0.25) is 5.91 Å². The highest BCUT2D eigenvalue weighted by Crippen LogP contribution is 2.36. The van der Waals surface area contributed by atoms with Crippen molar-refractivity contribution in [3.8, 4) is 11.8 Å². The van der Waals surface area contributed by atoms with Crippen LogP contribution < -0.4 is 15.4 Å². The zero-order valence-corrected chi connectivity index (χ0v) is 19.8. The van der Waals surface area contributed by atoms with E-state index in [1.54, 1.807) is 18.1 Å². The van der Waals surface area contributed by atoms with Crippen LogP contribution in [0.3, 0.4) is 0 Å². The van der Waals surface area contributed by atoms with E-state index in [0.29, 0.717) is 42.3 Å². The third-order valence-electron chi connectivity index (χ3n) is 5.61. The summed E-state index contributed by atoms with van der Waals surface area (Å²) >= 11 is 1.35. The number of nitriles is 1. The number of anilines is 1. The molecule has 10 heteroatoms. The molecule has 9 nitrogen and oxygen atoms in total. The smallest absolute Gasteiger partial charge is 0.318 e. The zero-order valence-electron chi connectivity index (χ0n) is 19.0. The van der Waals surface area contributed by atoms with Crippen molar-refractivity contribution in [1.29, 1.82) is 5.26 Å². The average Bonchev–Trinajstić information content (AvgIpc) is 3.42. The monoisotopic (exact) mass is 479 g/mol. The molecule has 3 amide bonds. The Balaban J connectivity index is 1.37. The zero-order chi connectivity index (χ0) is 24.1. The van der Waals surface area contributed by atoms with Crippen molar-refractivity contribution in [3.63, 3.8) is 0 Å². The molecular weight excluding hydrogens is 454 g/mol. The Bertz CT molecular complexity index is 1240. The van der Waals surface area contributed by atoms with E-state index in [9.17, 15) is 14.9 Å². The number of fused-ring (bicyclic) bond motifs is 1. The SMILES string of the molecule is COc1ccccc1CCC(=O)Nc1sc2c(c1C#N)CCN(C(=O)NCc1cc(C)no1)C2. The van der Waals surface area contributed by atoms with Crippen LogP contribution in [0.5, 0.6) is 5.75 Å². The number of benzene rings is 1. The summed E-state index contributed by atoms with van der Waals surface area (Å²) in [5.74, 6) is 1.17. The summed E-state index contributed by atoms with van der Waals surface area (Å²) in [4.78, 5) is 27.8. The summed E-state index contributed by atoms with van der Waals surface area (Å²) in [6.07, 6.45) is 1.35. The molecule has 1 aromatic carbocycles. The van der Waals surface area contributed by atoms with Crippen LogP contribution in [0.4, 0.5) is 9.80 Å². The minimum Gasteiger partial charge on any atom is -0.496 e. The molecule has 1 aliphatic rings. The summed E-state index contributed by atoms with van der Waals surface area (Å²) < 4.78 is 10.5. The van der Waals surface area contributed by atoms with Crippen LogP contribution in [0.25, 0.3) is 0 Å². The maximum atomic E-state index is 12.6. The van der Waals surface area contributed by atoms with Gasteiger partial charge in [0, 0.05) is 23.9 Å². The molecule has 0 radical (unpaired) electrons. The predicted molar refractivity (Wildman–Crippen MR) is 127 cm³/mol. The molecule has 2 aromatic heterocycles. The van der Waals surface area contributed by atoms with Crippen LogP contribution in [-0.4, -0.2) is 35.6 Å². The Morgan fingerprint density at radius 1 is 1.35 bits per heavy atom. The normalized spacial score (nSPS) is 12.6. The number of aryl methyl sites for hydroxylation is 2. The topological polar surface area (TPSA) is 120 Å². The lowest BCUT2D eigenvalue weighted by Gasteiger charge is -2.26. The lowest BCUT2D eigenvalue weighted by atomic mass is 10.0. The number of para-hydroxylation sites is 1. The lowest BCUT2D eigenvalue weighted by Crippen LogP contribution is -2.42. The molecule has 0 saturated heterocycles. The van der Waals surface area contributed by atoms with Crippen LogP contribution in [-0.2, 0) is 30.7 Å². The van der Waals surface area contributed by atoms with Crippen molar-refractivity contribution in [2.45, 2.75) is 39.3 Å². The van der Waals surface area contributed by atoms with Gasteiger partial charge < -0.3 is 24.8 Å². The lowest BCUT2D eigenvalue weighted by molar-refractivity contribution is -0.116. The Hall–Kier alpha value is -3.84. The fourth-order valence-corrected chi connectivity index (χ4v) is 5.13. The summed E-state index contributed by atoms with van der Waals surface area (Å²) in [5.41, 5.74) is 3.10. The number of ether oxygens (including phenoxy) is 1. The average molecular weight is 480 g/mol. The highest BCUT2D eigenvalue weighted by atomic mass is 32.1. The Labute approximate surface area is 201 Å². The number of hydrogen-bond acceptors (Lipinski definition) is 7. The predicted octanol–water partition coefficient (Wildman–Crippen LogP) is 3.76. The first-order chi connectivity index (χ1) is 16.5. The molecule has 3 heterocycles. The van der Waals surface area contributed by atoms with E-state index in [1.807, 2.05) is 31.2 Å². The van der Waals surface area contributed by atoms with Crippen LogP contribution in [0.1, 0.15) is 39.4 Å². The number of hydrogen-bond donors (Lipinski definition) is 2. The Morgan fingerprint density at radius 3 is 2.91 bits per heavy atom. The van der Waals surface area contributed by atoms with Crippen molar-refractivity contribution in [2.75, 3.05) is 19.0 Å². The number of thiophene rings is 1. The molecule has 4 rings (SSSR count). The van der Waals surface area contributed by atoms with E-state index in [0.717, 1.165) is 27.4 Å². The number of nitrogens with one attached hydrogen (secondary N) is 2. The maximum Gasteiger partial charge on any atom is 0.318 e. The molecular formula is C24H25N5O4S. The molecule has 176 valence electrons. The first-order valence-corrected chi connectivity index (χ1v) is 11.7. The molecule has 0 fully saturated rings. The Kier molecular flexibility index (Phi) is 7.13. The highest BCUT2D eigenvalue weighted by Gasteiger charge is 2.27. The minimum absolute atomic E-state index is 0.169. The first-order valence-electron chi connectivity index (χ1n) is 10.9. The summed E-state index contributed by atoms with van der Waals surface area (Å²) in [5, 5.41) is 19.8. The van der Waals surface area contributed by atoms with Gasteiger partial charge in [0.05, 0.1) is 31.5 Å². The van der Waals surface area contributed by atoms with Gasteiger partial charge in [0.25, 0.3) is 0 Å². The van der Waals surface area contributed by atoms with E-state index in [1.165, 1.54) is 11.3 Å². The highest BCUT2D eigenvalue weighted by molar-refractivity contribution is 7.16. The van der Waals surface area contributed by atoms with Gasteiger partial charge in [0.15, 0.2) is 5.76 Å². The van der Waals surface area contributed by atoms with Crippen LogP contribution in [0.2, 0.25) is 0 Å². The summed E-state index contributed by atoms with van der Waals surface area (Å²) in [7, 11) is 1.60. The van der Waals surface area contributed by atoms with E-state index < -0.39 is 0 Å². The van der Waals surface area contributed by atoms with Crippen molar-refractivity contribution in [3.05, 3.63) is 63.4 Å². The van der Waals surface area contributed by atoms with Crippen LogP contribution >= 0.6 is 11.3 Å². The van der Waals surface area contributed by atoms with E-state index in [4.69, 9.17) is 9.26 Å². The van der Waals surface area contributed by atoms with E-state index in [-0.39, 0.29) is 24.9 Å². The van der Waals surface area contributed by atoms with Gasteiger partial charge in [-0.15, -0.1) is 11.3 Å². The second kappa shape index (κ2) is 10.4. The maximum absolute atomic E-state index is 12.6. The van der Waals surface area contributed by atoms with Crippen molar-refractivity contribution in [1.82, 2.24) is 15.4 Å². The third-order valence-corrected chi connectivity index (χ3v) is 6.75. The van der Waals surface area contributed by atoms with Gasteiger partial charge >= 0.3 is 6.03 Å². The molecule has 0 atom stereocenters. The second-order valence-corrected chi connectivity index (χ2v) is 9.05. The molecule has 0 bridgehead atoms. The number of amides is 3. The number of carbonyl (C=O) groups is 2. The Morgan fingerprint density at radius 2 is 2.18 bits per heavy atom. The quantitative estimate of drug-likeness (QED) is 0.532. The molecule has 0 spiro atoms. The molecule has 34 heavy (non-hydrogen) atoms. The number of rotatable bonds is 7. The van der Waals surface area contributed by atoms with Crippen LogP contribution in [0.15, 0.2) is 34.9 Å². The third kappa shape index (κ3) is 5.21. The standard InChI is InChI=1S/C24H25N5O4S/c1-15-11-17(33-28-15)13-26-24(31)29-10-9-18-19(12-25)23(34-21(18)14-29)27-22(30)8-7-16-5-3-4-6-20(16)32-2/h3-6,11H,7-10,13-14H2,1-2H3,(H,26,31)(H,27,30). The minimum atomic E-state index is -0.214. The van der Waals surface area contributed by atoms with Crippen molar-refractivity contribution < 1.29 is 18.8 Å². The van der Waals surface area contributed by atoms with Crippen molar-refractivity contribution >= 4 is 28.3 Å². The number of aromatic nitrogens is 1. The van der Waals surface area contributed by atoms with Gasteiger partial charge in [-0.1, -0.05) is 23.4 Å². The fourth-order valence-electron chi connectivity index (χ4n) is 3.90. The summed E-state index contributed by atoms with van der Waals surface area (Å²) in [6.45, 7) is 2.94. The number of urea groups is 1. The molecule has 3 aromatic rings. The van der Waals surface area contributed by atoms with Gasteiger partial charge in [-0.05, 0) is 37.0 Å². The summed E-state index contributed by atoms with van der Waals surface area (Å²) in [6, 6.07) is 11.4. The van der Waals surface area contributed by atoms with Crippen molar-refractivity contribution in [2.24, 2.45) is 0 Å². The molecule has 0 aliphatic carbocycles. The van der Waals surface area contributed by atoms with E-state index >= 15 is 0 Å². The number of carbonyl (C=O) groups excluding carboxylic acids is 2. The van der Waals surface area contributed by atoms with Gasteiger partial charge in [-0.25, -0.2) is 4.79 Å². The molecule has 0 unspecified atom stereocenters. The number of methoxy groups -OCH3 is 1. The first kappa shape index (κ1) is 23.3. The van der Waals surface area contributed by atoms with Gasteiger partial charge in [-0.3, -0.25) is 4.79 Å². The van der Waals surface area contributed by atoms with Gasteiger partial charge in [-0.2, -0.15) is 5.26 Å². The van der Waals surface area contributed by atoms with Crippen LogP contribution in [0, 0.1) is 18.3 Å². The molecule has 2 N–H and O–H groups in total. The van der Waals surface area contributed by atoms with Gasteiger partial charge in [0.1, 0.15) is 16.8 Å². The fraction of sp³-hybridized carbons (Fsp3) is 0.333. The molecule has 1 aliphatic heterocycles. The molecule has 0 saturated carbocycles. The number of nitrogens with zero attached hydrogens (tertiary/aromatic N) is 3. The van der Waals surface area contributed by atoms with E-state index in [2.05, 4.69) is 21.9 Å². The second-order valence-electron chi connectivity index (χ2n) is 7.94.